The molecule has 0 fully saturated rings. The van der Waals surface area contributed by atoms with E-state index in [9.17, 15) is 4.79 Å². The van der Waals surface area contributed by atoms with Gasteiger partial charge in [-0.05, 0) is 42.8 Å². The first-order valence-corrected chi connectivity index (χ1v) is 6.79. The Bertz CT molecular complexity index is 663. The van der Waals surface area contributed by atoms with Gasteiger partial charge in [0.25, 0.3) is 0 Å². The van der Waals surface area contributed by atoms with Crippen molar-refractivity contribution in [3.8, 4) is 11.5 Å². The van der Waals surface area contributed by atoms with E-state index in [2.05, 4.69) is 15.9 Å². The molecule has 0 spiro atoms. The van der Waals surface area contributed by atoms with Crippen LogP contribution in [-0.2, 0) is 4.79 Å². The van der Waals surface area contributed by atoms with Crippen LogP contribution in [0.3, 0.4) is 0 Å². The molecule has 2 aromatic rings. The minimum atomic E-state index is -0.994. The van der Waals surface area contributed by atoms with Crippen molar-refractivity contribution in [3.63, 3.8) is 0 Å². The Labute approximate surface area is 125 Å². The molecule has 1 N–H and O–H groups in total. The van der Waals surface area contributed by atoms with Gasteiger partial charge in [0.05, 0.1) is 0 Å². The predicted molar refractivity (Wildman–Crippen MR) is 82.1 cm³/mol. The Hall–Kier alpha value is -2.07. The van der Waals surface area contributed by atoms with Gasteiger partial charge in [0.15, 0.2) is 0 Å². The summed E-state index contributed by atoms with van der Waals surface area (Å²) < 4.78 is 6.72. The van der Waals surface area contributed by atoms with Crippen LogP contribution in [0.4, 0.5) is 0 Å². The van der Waals surface area contributed by atoms with Crippen LogP contribution in [0.5, 0.6) is 11.5 Å². The average molecular weight is 333 g/mol. The number of aliphatic carboxylic acids is 1. The van der Waals surface area contributed by atoms with Crippen LogP contribution in [0, 0.1) is 6.92 Å². The summed E-state index contributed by atoms with van der Waals surface area (Å²) in [5.74, 6) is 0.367. The zero-order valence-electron chi connectivity index (χ0n) is 10.8. The van der Waals surface area contributed by atoms with E-state index in [4.69, 9.17) is 9.84 Å². The van der Waals surface area contributed by atoms with E-state index in [-0.39, 0.29) is 0 Å². The van der Waals surface area contributed by atoms with Crippen molar-refractivity contribution in [2.45, 2.75) is 6.92 Å². The normalized spacial score (nSPS) is 10.7. The van der Waals surface area contributed by atoms with E-state index in [0.717, 1.165) is 21.9 Å². The Balaban J connectivity index is 2.36. The smallest absolute Gasteiger partial charge is 0.328 e. The highest BCUT2D eigenvalue weighted by Crippen LogP contribution is 2.30. The summed E-state index contributed by atoms with van der Waals surface area (Å²) >= 11 is 3.37. The van der Waals surface area contributed by atoms with Crippen molar-refractivity contribution in [2.24, 2.45) is 0 Å². The minimum Gasteiger partial charge on any atom is -0.478 e. The molecule has 0 aliphatic carbocycles. The fourth-order valence-electron chi connectivity index (χ4n) is 1.69. The predicted octanol–water partition coefficient (Wildman–Crippen LogP) is 4.65. The van der Waals surface area contributed by atoms with E-state index < -0.39 is 5.97 Å². The lowest BCUT2D eigenvalue weighted by Gasteiger charge is -2.11. The Kier molecular flexibility index (Phi) is 4.58. The number of halogens is 1. The van der Waals surface area contributed by atoms with E-state index in [1.807, 2.05) is 43.3 Å². The van der Waals surface area contributed by atoms with E-state index >= 15 is 0 Å². The number of benzene rings is 2. The molecule has 0 aromatic heterocycles. The summed E-state index contributed by atoms with van der Waals surface area (Å²) in [6.07, 6.45) is 2.60. The first-order valence-electron chi connectivity index (χ1n) is 6.00. The third-order valence-electron chi connectivity index (χ3n) is 2.69. The van der Waals surface area contributed by atoms with Gasteiger partial charge in [0, 0.05) is 16.1 Å². The average Bonchev–Trinajstić information content (AvgIpc) is 2.41. The maximum Gasteiger partial charge on any atom is 0.328 e. The number of hydrogen-bond donors (Lipinski definition) is 1. The molecule has 0 bridgehead atoms. The molecule has 20 heavy (non-hydrogen) atoms. The van der Waals surface area contributed by atoms with Gasteiger partial charge in [-0.15, -0.1) is 0 Å². The van der Waals surface area contributed by atoms with Crippen LogP contribution in [-0.4, -0.2) is 11.1 Å². The standard InChI is InChI=1S/C16H13BrO3/c1-11-4-2-3-5-14(11)20-15-8-7-13(17)10-12(15)6-9-16(18)19/h2-10H,1H3,(H,18,19)/b9-6+. The molecule has 4 heteroatoms. The first kappa shape index (κ1) is 14.3. The molecule has 2 rings (SSSR count). The second-order valence-electron chi connectivity index (χ2n) is 4.22. The second kappa shape index (κ2) is 6.39. The van der Waals surface area contributed by atoms with Gasteiger partial charge in [-0.25, -0.2) is 4.79 Å². The molecule has 2 aromatic carbocycles. The van der Waals surface area contributed by atoms with Gasteiger partial charge in [-0.2, -0.15) is 0 Å². The van der Waals surface area contributed by atoms with Crippen LogP contribution < -0.4 is 4.74 Å². The molecule has 102 valence electrons. The topological polar surface area (TPSA) is 46.5 Å². The summed E-state index contributed by atoms with van der Waals surface area (Å²) in [6, 6.07) is 13.1. The van der Waals surface area contributed by atoms with Crippen LogP contribution in [0.2, 0.25) is 0 Å². The maximum absolute atomic E-state index is 10.6. The quantitative estimate of drug-likeness (QED) is 0.829. The van der Waals surface area contributed by atoms with Gasteiger partial charge in [0.2, 0.25) is 0 Å². The summed E-state index contributed by atoms with van der Waals surface area (Å²) in [5.41, 5.74) is 1.72. The number of aryl methyl sites for hydroxylation is 1. The van der Waals surface area contributed by atoms with Crippen LogP contribution in [0.1, 0.15) is 11.1 Å². The highest BCUT2D eigenvalue weighted by Gasteiger charge is 2.06. The van der Waals surface area contributed by atoms with Crippen LogP contribution in [0.25, 0.3) is 6.08 Å². The summed E-state index contributed by atoms with van der Waals surface area (Å²) in [5, 5.41) is 8.73. The van der Waals surface area contributed by atoms with E-state index in [1.165, 1.54) is 6.08 Å². The molecule has 0 radical (unpaired) electrons. The van der Waals surface area contributed by atoms with Crippen molar-refractivity contribution < 1.29 is 14.6 Å². The number of carboxylic acid groups (broad SMARTS) is 1. The third-order valence-corrected chi connectivity index (χ3v) is 3.18. The molecule has 0 unspecified atom stereocenters. The van der Waals surface area contributed by atoms with Crippen molar-refractivity contribution in [1.29, 1.82) is 0 Å². The van der Waals surface area contributed by atoms with Crippen LogP contribution in [0.15, 0.2) is 53.0 Å². The fraction of sp³-hybridized carbons (Fsp3) is 0.0625. The van der Waals surface area contributed by atoms with Gasteiger partial charge >= 0.3 is 5.97 Å². The van der Waals surface area contributed by atoms with Crippen molar-refractivity contribution >= 4 is 28.0 Å². The zero-order valence-corrected chi connectivity index (χ0v) is 12.4. The molecule has 0 amide bonds. The minimum absolute atomic E-state index is 0.611. The number of hydrogen-bond acceptors (Lipinski definition) is 2. The number of ether oxygens (including phenoxy) is 1. The molecule has 0 aliphatic heterocycles. The maximum atomic E-state index is 10.6. The monoisotopic (exact) mass is 332 g/mol. The highest BCUT2D eigenvalue weighted by molar-refractivity contribution is 9.10. The molecular formula is C16H13BrO3. The molecule has 0 saturated heterocycles. The summed E-state index contributed by atoms with van der Waals surface area (Å²) in [4.78, 5) is 10.6. The molecule has 0 aliphatic rings. The lowest BCUT2D eigenvalue weighted by atomic mass is 10.1. The SMILES string of the molecule is Cc1ccccc1Oc1ccc(Br)cc1/C=C/C(=O)O. The number of para-hydroxylation sites is 1. The number of carbonyl (C=O) groups is 1. The Morgan fingerprint density at radius 1 is 1.20 bits per heavy atom. The van der Waals surface area contributed by atoms with Gasteiger partial charge in [-0.1, -0.05) is 34.1 Å². The first-order chi connectivity index (χ1) is 9.56. The van der Waals surface area contributed by atoms with Gasteiger partial charge in [-0.3, -0.25) is 0 Å². The Morgan fingerprint density at radius 2 is 1.95 bits per heavy atom. The largest absolute Gasteiger partial charge is 0.478 e. The molecule has 0 heterocycles. The van der Waals surface area contributed by atoms with Crippen molar-refractivity contribution in [2.75, 3.05) is 0 Å². The number of carboxylic acids is 1. The van der Waals surface area contributed by atoms with Crippen molar-refractivity contribution in [3.05, 3.63) is 64.1 Å². The number of rotatable bonds is 4. The highest BCUT2D eigenvalue weighted by atomic mass is 79.9. The second-order valence-corrected chi connectivity index (χ2v) is 5.14. The lowest BCUT2D eigenvalue weighted by Crippen LogP contribution is -1.91. The zero-order chi connectivity index (χ0) is 14.5. The van der Waals surface area contributed by atoms with E-state index in [1.54, 1.807) is 6.07 Å². The van der Waals surface area contributed by atoms with E-state index in [0.29, 0.717) is 11.3 Å². The molecule has 0 saturated carbocycles. The molecule has 0 atom stereocenters. The lowest BCUT2D eigenvalue weighted by molar-refractivity contribution is -0.131. The van der Waals surface area contributed by atoms with Gasteiger partial charge < -0.3 is 9.84 Å². The summed E-state index contributed by atoms with van der Waals surface area (Å²) in [7, 11) is 0. The summed E-state index contributed by atoms with van der Waals surface area (Å²) in [6.45, 7) is 1.96. The fourth-order valence-corrected chi connectivity index (χ4v) is 2.07. The third kappa shape index (κ3) is 3.71. The molecular weight excluding hydrogens is 320 g/mol. The Morgan fingerprint density at radius 3 is 2.65 bits per heavy atom. The van der Waals surface area contributed by atoms with Crippen molar-refractivity contribution in [1.82, 2.24) is 0 Å². The molecule has 3 nitrogen and oxygen atoms in total. The van der Waals surface area contributed by atoms with Gasteiger partial charge in [0.1, 0.15) is 11.5 Å². The van der Waals surface area contributed by atoms with Crippen LogP contribution >= 0.6 is 15.9 Å².